The molecule has 0 bridgehead atoms. The zero-order valence-corrected chi connectivity index (χ0v) is 15.1. The first-order valence-electron chi connectivity index (χ1n) is 7.32. The lowest BCUT2D eigenvalue weighted by molar-refractivity contribution is -0.110. The van der Waals surface area contributed by atoms with Crippen molar-refractivity contribution in [1.82, 2.24) is 9.97 Å². The molecule has 1 amide bonds. The van der Waals surface area contributed by atoms with Crippen molar-refractivity contribution in [3.8, 4) is 11.1 Å². The summed E-state index contributed by atoms with van der Waals surface area (Å²) < 4.78 is 0.982. The van der Waals surface area contributed by atoms with Gasteiger partial charge in [-0.3, -0.25) is 9.78 Å². The Morgan fingerprint density at radius 2 is 2.00 bits per heavy atom. The Morgan fingerprint density at radius 1 is 1.21 bits per heavy atom. The molecule has 6 heteroatoms. The minimum atomic E-state index is -0.121. The Balaban J connectivity index is 1.88. The Kier molecular flexibility index (Phi) is 3.78. The summed E-state index contributed by atoms with van der Waals surface area (Å²) in [5.41, 5.74) is 4.38. The van der Waals surface area contributed by atoms with Gasteiger partial charge in [-0.2, -0.15) is 0 Å². The highest BCUT2D eigenvalue weighted by atomic mass is 79.9. The number of pyridine rings is 2. The summed E-state index contributed by atoms with van der Waals surface area (Å²) >= 11 is 5.09. The number of rotatable bonds is 2. The predicted molar refractivity (Wildman–Crippen MR) is 101 cm³/mol. The first-order chi connectivity index (χ1) is 11.6. The van der Waals surface area contributed by atoms with Crippen LogP contribution in [0.4, 0.5) is 5.82 Å². The summed E-state index contributed by atoms with van der Waals surface area (Å²) in [6, 6.07) is 7.89. The molecule has 0 aliphatic carbocycles. The van der Waals surface area contributed by atoms with Crippen LogP contribution in [0.1, 0.15) is 16.1 Å². The van der Waals surface area contributed by atoms with Gasteiger partial charge < -0.3 is 5.32 Å². The maximum absolute atomic E-state index is 12.4. The second-order valence-electron chi connectivity index (χ2n) is 5.40. The largest absolute Gasteiger partial charge is 0.306 e. The summed E-state index contributed by atoms with van der Waals surface area (Å²) in [5, 5.41) is 4.84. The van der Waals surface area contributed by atoms with Crippen LogP contribution >= 0.6 is 27.3 Å². The third-order valence-electron chi connectivity index (χ3n) is 3.89. The lowest BCUT2D eigenvalue weighted by atomic mass is 10.0. The number of thiophene rings is 1. The van der Waals surface area contributed by atoms with Crippen LogP contribution in [0.5, 0.6) is 0 Å². The summed E-state index contributed by atoms with van der Waals surface area (Å²) in [6.07, 6.45) is 5.42. The van der Waals surface area contributed by atoms with E-state index in [1.807, 2.05) is 42.6 Å². The van der Waals surface area contributed by atoms with Crippen LogP contribution in [0.3, 0.4) is 0 Å². The van der Waals surface area contributed by atoms with Crippen LogP contribution in [-0.2, 0) is 4.79 Å². The van der Waals surface area contributed by atoms with Gasteiger partial charge in [0.05, 0.1) is 5.57 Å². The van der Waals surface area contributed by atoms with Crippen LogP contribution in [0.25, 0.3) is 22.8 Å². The second-order valence-corrected chi connectivity index (χ2v) is 7.20. The Bertz CT molecular complexity index is 979. The number of carbonyl (C=O) groups excluding carboxylic acids is 1. The van der Waals surface area contributed by atoms with Crippen LogP contribution < -0.4 is 5.32 Å². The van der Waals surface area contributed by atoms with Crippen molar-refractivity contribution in [1.29, 1.82) is 0 Å². The molecule has 4 rings (SSSR count). The highest BCUT2D eigenvalue weighted by Gasteiger charge is 2.27. The molecule has 0 aromatic carbocycles. The van der Waals surface area contributed by atoms with Crippen LogP contribution in [0.15, 0.2) is 46.5 Å². The minimum absolute atomic E-state index is 0.121. The summed E-state index contributed by atoms with van der Waals surface area (Å²) in [4.78, 5) is 22.0. The van der Waals surface area contributed by atoms with Gasteiger partial charge in [0.15, 0.2) is 0 Å². The molecule has 0 atom stereocenters. The summed E-state index contributed by atoms with van der Waals surface area (Å²) in [5.74, 6) is 0.498. The minimum Gasteiger partial charge on any atom is -0.306 e. The number of carbonyl (C=O) groups is 1. The van der Waals surface area contributed by atoms with Gasteiger partial charge >= 0.3 is 0 Å². The molecule has 0 unspecified atom stereocenters. The van der Waals surface area contributed by atoms with E-state index in [1.165, 1.54) is 0 Å². The quantitative estimate of drug-likeness (QED) is 0.633. The Morgan fingerprint density at radius 3 is 2.71 bits per heavy atom. The van der Waals surface area contributed by atoms with Crippen molar-refractivity contribution in [3.63, 3.8) is 0 Å². The summed E-state index contributed by atoms with van der Waals surface area (Å²) in [7, 11) is 0. The van der Waals surface area contributed by atoms with Crippen LogP contribution in [-0.4, -0.2) is 15.9 Å². The topological polar surface area (TPSA) is 54.9 Å². The van der Waals surface area contributed by atoms with Crippen molar-refractivity contribution in [3.05, 3.63) is 62.6 Å². The number of aromatic nitrogens is 2. The Labute approximate surface area is 151 Å². The molecule has 1 N–H and O–H groups in total. The van der Waals surface area contributed by atoms with Crippen molar-refractivity contribution in [2.75, 3.05) is 5.32 Å². The molecule has 0 saturated heterocycles. The fourth-order valence-electron chi connectivity index (χ4n) is 2.71. The normalized spacial score (nSPS) is 14.8. The number of nitrogens with zero attached hydrogens (tertiary/aromatic N) is 2. The molecule has 3 aromatic rings. The van der Waals surface area contributed by atoms with E-state index in [-0.39, 0.29) is 5.91 Å². The molecule has 118 valence electrons. The van der Waals surface area contributed by atoms with E-state index < -0.39 is 0 Å². The molecule has 24 heavy (non-hydrogen) atoms. The standard InChI is InChI=1S/C18H12BrN3OS/c1-10-12(11-2-5-20-6-3-11)8-13-14(18(23)22-17(13)21-10)9-16-15(19)4-7-24-16/h2-9H,1H3,(H,21,22,23). The second kappa shape index (κ2) is 5.96. The third kappa shape index (κ3) is 2.57. The fourth-order valence-corrected chi connectivity index (χ4v) is 4.13. The first-order valence-corrected chi connectivity index (χ1v) is 8.99. The van der Waals surface area contributed by atoms with Gasteiger partial charge in [-0.05, 0) is 64.1 Å². The SMILES string of the molecule is Cc1nc2c(cc1-c1ccncc1)C(=Cc1sccc1Br)C(=O)N2. The van der Waals surface area contributed by atoms with Crippen LogP contribution in [0, 0.1) is 6.92 Å². The molecular weight excluding hydrogens is 386 g/mol. The molecule has 0 saturated carbocycles. The highest BCUT2D eigenvalue weighted by molar-refractivity contribution is 9.10. The smallest absolute Gasteiger partial charge is 0.257 e. The lowest BCUT2D eigenvalue weighted by Crippen LogP contribution is -2.04. The van der Waals surface area contributed by atoms with Gasteiger partial charge in [0, 0.05) is 38.6 Å². The van der Waals surface area contributed by atoms with Gasteiger partial charge in [0.1, 0.15) is 5.82 Å². The van der Waals surface area contributed by atoms with Crippen molar-refractivity contribution >= 4 is 50.6 Å². The van der Waals surface area contributed by atoms with E-state index in [0.717, 1.165) is 31.7 Å². The highest BCUT2D eigenvalue weighted by Crippen LogP contribution is 2.37. The van der Waals surface area contributed by atoms with E-state index >= 15 is 0 Å². The molecule has 0 radical (unpaired) electrons. The van der Waals surface area contributed by atoms with Crippen molar-refractivity contribution in [2.24, 2.45) is 0 Å². The van der Waals surface area contributed by atoms with E-state index in [4.69, 9.17) is 0 Å². The molecule has 1 aliphatic rings. The number of hydrogen-bond acceptors (Lipinski definition) is 4. The lowest BCUT2D eigenvalue weighted by Gasteiger charge is -2.08. The number of hydrogen-bond donors (Lipinski definition) is 1. The molecule has 4 nitrogen and oxygen atoms in total. The van der Waals surface area contributed by atoms with Gasteiger partial charge in [-0.25, -0.2) is 4.98 Å². The summed E-state index contributed by atoms with van der Waals surface area (Å²) in [6.45, 7) is 1.94. The third-order valence-corrected chi connectivity index (χ3v) is 5.71. The van der Waals surface area contributed by atoms with Gasteiger partial charge in [-0.1, -0.05) is 0 Å². The average Bonchev–Trinajstić information content (AvgIpc) is 3.11. The number of anilines is 1. The van der Waals surface area contributed by atoms with Gasteiger partial charge in [0.2, 0.25) is 0 Å². The maximum Gasteiger partial charge on any atom is 0.257 e. The maximum atomic E-state index is 12.4. The molecule has 4 heterocycles. The van der Waals surface area contributed by atoms with E-state index in [2.05, 4.69) is 31.2 Å². The van der Waals surface area contributed by atoms with Gasteiger partial charge in [-0.15, -0.1) is 11.3 Å². The van der Waals surface area contributed by atoms with E-state index in [0.29, 0.717) is 11.4 Å². The molecular formula is C18H12BrN3OS. The van der Waals surface area contributed by atoms with E-state index in [1.54, 1.807) is 23.7 Å². The fraction of sp³-hybridized carbons (Fsp3) is 0.0556. The first kappa shape index (κ1) is 15.2. The monoisotopic (exact) mass is 397 g/mol. The molecule has 0 spiro atoms. The van der Waals surface area contributed by atoms with Gasteiger partial charge in [0.25, 0.3) is 5.91 Å². The zero-order valence-electron chi connectivity index (χ0n) is 12.7. The molecule has 3 aromatic heterocycles. The predicted octanol–water partition coefficient (Wildman–Crippen LogP) is 4.77. The molecule has 1 aliphatic heterocycles. The number of fused-ring (bicyclic) bond motifs is 1. The average molecular weight is 398 g/mol. The zero-order chi connectivity index (χ0) is 16.7. The number of halogens is 1. The van der Waals surface area contributed by atoms with Crippen molar-refractivity contribution < 1.29 is 4.79 Å². The van der Waals surface area contributed by atoms with E-state index in [9.17, 15) is 4.79 Å². The number of aryl methyl sites for hydroxylation is 1. The van der Waals surface area contributed by atoms with Crippen LogP contribution in [0.2, 0.25) is 0 Å². The molecule has 0 fully saturated rings. The number of nitrogens with one attached hydrogen (secondary N) is 1. The number of amides is 1. The Hall–Kier alpha value is -2.31. The van der Waals surface area contributed by atoms with Crippen molar-refractivity contribution in [2.45, 2.75) is 6.92 Å².